The monoisotopic (exact) mass is 461 g/mol. The number of benzene rings is 3. The summed E-state index contributed by atoms with van der Waals surface area (Å²) < 4.78 is 27.7. The summed E-state index contributed by atoms with van der Waals surface area (Å²) in [5.41, 5.74) is 1.75. The van der Waals surface area contributed by atoms with E-state index in [0.29, 0.717) is 28.8 Å². The van der Waals surface area contributed by atoms with Gasteiger partial charge in [-0.25, -0.2) is 8.78 Å². The van der Waals surface area contributed by atoms with Crippen molar-refractivity contribution in [3.05, 3.63) is 89.5 Å². The molecule has 2 aliphatic heterocycles. The van der Waals surface area contributed by atoms with Crippen LogP contribution >= 0.6 is 0 Å². The molecule has 6 nitrogen and oxygen atoms in total. The molecule has 0 bridgehead atoms. The van der Waals surface area contributed by atoms with Gasteiger partial charge in [-0.15, -0.1) is 0 Å². The van der Waals surface area contributed by atoms with Gasteiger partial charge in [-0.1, -0.05) is 30.3 Å². The maximum atomic E-state index is 14.3. The average molecular weight is 461 g/mol. The molecule has 0 unspecified atom stereocenters. The number of piperidine rings is 1. The Bertz CT molecular complexity index is 1310. The van der Waals surface area contributed by atoms with E-state index in [2.05, 4.69) is 10.6 Å². The first-order valence-corrected chi connectivity index (χ1v) is 11.0. The van der Waals surface area contributed by atoms with Crippen molar-refractivity contribution in [2.45, 2.75) is 24.9 Å². The molecule has 2 atom stereocenters. The van der Waals surface area contributed by atoms with Crippen molar-refractivity contribution in [2.24, 2.45) is 0 Å². The third-order valence-electron chi connectivity index (χ3n) is 6.28. The first-order chi connectivity index (χ1) is 16.4. The first kappa shape index (κ1) is 21.8. The van der Waals surface area contributed by atoms with Gasteiger partial charge in [0, 0.05) is 23.7 Å². The van der Waals surface area contributed by atoms with Gasteiger partial charge in [-0.2, -0.15) is 0 Å². The molecule has 0 aromatic heterocycles. The molecular formula is C26H21F2N3O3. The minimum atomic E-state index is -0.775. The molecule has 0 saturated carbocycles. The van der Waals surface area contributed by atoms with Gasteiger partial charge in [-0.05, 0) is 54.8 Å². The molecule has 2 aliphatic rings. The molecule has 1 fully saturated rings. The average Bonchev–Trinajstić information content (AvgIpc) is 2.93. The number of carbonyl (C=O) groups is 3. The van der Waals surface area contributed by atoms with E-state index >= 15 is 0 Å². The van der Waals surface area contributed by atoms with E-state index in [0.717, 1.165) is 6.07 Å². The summed E-state index contributed by atoms with van der Waals surface area (Å²) >= 11 is 0. The molecule has 2 heterocycles. The molecule has 34 heavy (non-hydrogen) atoms. The van der Waals surface area contributed by atoms with Crippen molar-refractivity contribution in [3.63, 3.8) is 0 Å². The highest BCUT2D eigenvalue weighted by molar-refractivity contribution is 6.10. The molecule has 0 radical (unpaired) electrons. The molecule has 172 valence electrons. The third kappa shape index (κ3) is 4.03. The van der Waals surface area contributed by atoms with Gasteiger partial charge in [-0.3, -0.25) is 14.4 Å². The van der Waals surface area contributed by atoms with Gasteiger partial charge in [0.05, 0.1) is 11.3 Å². The predicted octanol–water partition coefficient (Wildman–Crippen LogP) is 3.99. The number of hydrogen-bond donors (Lipinski definition) is 2. The van der Waals surface area contributed by atoms with Gasteiger partial charge in [0.25, 0.3) is 11.8 Å². The van der Waals surface area contributed by atoms with Crippen LogP contribution in [0.25, 0.3) is 11.1 Å². The van der Waals surface area contributed by atoms with Gasteiger partial charge in [0.15, 0.2) is 0 Å². The second-order valence-corrected chi connectivity index (χ2v) is 8.45. The van der Waals surface area contributed by atoms with Crippen LogP contribution < -0.4 is 10.6 Å². The van der Waals surface area contributed by atoms with Gasteiger partial charge < -0.3 is 15.5 Å². The van der Waals surface area contributed by atoms with Crippen LogP contribution in [-0.2, 0) is 4.79 Å². The zero-order chi connectivity index (χ0) is 23.8. The standard InChI is InChI=1S/C26H21F2N3O3/c27-17-5-3-4-16(12-17)24(32)29-18-10-11-31-23(14-18)25(33)30-22-9-8-15(13-20(22)26(31)34)19-6-1-2-7-21(19)28/h1-9,12-13,18,23H,10-11,14H2,(H,29,32)(H,30,33)/t18-,23-/m0/s1. The van der Waals surface area contributed by atoms with Crippen LogP contribution in [0.2, 0.25) is 0 Å². The topological polar surface area (TPSA) is 78.5 Å². The second kappa shape index (κ2) is 8.70. The molecule has 0 aliphatic carbocycles. The maximum absolute atomic E-state index is 14.3. The van der Waals surface area contributed by atoms with Gasteiger partial charge in [0.2, 0.25) is 5.91 Å². The largest absolute Gasteiger partial charge is 0.349 e. The molecule has 2 N–H and O–H groups in total. The van der Waals surface area contributed by atoms with E-state index in [-0.39, 0.29) is 36.4 Å². The highest BCUT2D eigenvalue weighted by Gasteiger charge is 2.40. The minimum Gasteiger partial charge on any atom is -0.349 e. The Morgan fingerprint density at radius 1 is 0.971 bits per heavy atom. The third-order valence-corrected chi connectivity index (χ3v) is 6.28. The Balaban J connectivity index is 1.37. The highest BCUT2D eigenvalue weighted by atomic mass is 19.1. The fourth-order valence-corrected chi connectivity index (χ4v) is 4.55. The van der Waals surface area contributed by atoms with E-state index in [1.807, 2.05) is 0 Å². The summed E-state index contributed by atoms with van der Waals surface area (Å²) in [6.07, 6.45) is 0.672. The van der Waals surface area contributed by atoms with Crippen LogP contribution in [0.3, 0.4) is 0 Å². The first-order valence-electron chi connectivity index (χ1n) is 11.0. The maximum Gasteiger partial charge on any atom is 0.256 e. The number of carbonyl (C=O) groups excluding carboxylic acids is 3. The van der Waals surface area contributed by atoms with Crippen LogP contribution in [0.15, 0.2) is 66.7 Å². The van der Waals surface area contributed by atoms with Crippen molar-refractivity contribution in [1.29, 1.82) is 0 Å². The molecule has 0 spiro atoms. The zero-order valence-corrected chi connectivity index (χ0v) is 18.1. The van der Waals surface area contributed by atoms with Crippen molar-refractivity contribution in [1.82, 2.24) is 10.2 Å². The van der Waals surface area contributed by atoms with Gasteiger partial charge in [0.1, 0.15) is 17.7 Å². The molecular weight excluding hydrogens is 440 g/mol. The predicted molar refractivity (Wildman–Crippen MR) is 122 cm³/mol. The number of hydrogen-bond acceptors (Lipinski definition) is 3. The van der Waals surface area contributed by atoms with E-state index in [1.165, 1.54) is 29.2 Å². The number of fused-ring (bicyclic) bond motifs is 2. The van der Waals surface area contributed by atoms with E-state index < -0.39 is 23.6 Å². The number of nitrogens with zero attached hydrogens (tertiary/aromatic N) is 1. The molecule has 8 heteroatoms. The van der Waals surface area contributed by atoms with Gasteiger partial charge >= 0.3 is 0 Å². The molecule has 3 aromatic rings. The summed E-state index contributed by atoms with van der Waals surface area (Å²) in [5, 5.41) is 5.64. The number of rotatable bonds is 3. The Kier molecular flexibility index (Phi) is 5.57. The van der Waals surface area contributed by atoms with Crippen LogP contribution in [0.5, 0.6) is 0 Å². The Morgan fingerprint density at radius 3 is 2.59 bits per heavy atom. The zero-order valence-electron chi connectivity index (χ0n) is 18.1. The lowest BCUT2D eigenvalue weighted by Gasteiger charge is -2.37. The van der Waals surface area contributed by atoms with E-state index in [9.17, 15) is 23.2 Å². The number of amides is 3. The molecule has 3 amide bonds. The van der Waals surface area contributed by atoms with E-state index in [1.54, 1.807) is 36.4 Å². The summed E-state index contributed by atoms with van der Waals surface area (Å²) in [5.74, 6) is -2.03. The Morgan fingerprint density at radius 2 is 1.79 bits per heavy atom. The fraction of sp³-hybridized carbons (Fsp3) is 0.192. The molecule has 5 rings (SSSR count). The Labute approximate surface area is 194 Å². The van der Waals surface area contributed by atoms with Crippen molar-refractivity contribution in [3.8, 4) is 11.1 Å². The van der Waals surface area contributed by atoms with E-state index in [4.69, 9.17) is 0 Å². The van der Waals surface area contributed by atoms with Crippen LogP contribution in [0.1, 0.15) is 33.6 Å². The lowest BCUT2D eigenvalue weighted by atomic mass is 9.95. The molecule has 1 saturated heterocycles. The highest BCUT2D eigenvalue weighted by Crippen LogP contribution is 2.32. The molecule has 3 aromatic carbocycles. The normalized spacial score (nSPS) is 19.5. The minimum absolute atomic E-state index is 0.192. The summed E-state index contributed by atoms with van der Waals surface area (Å²) in [4.78, 5) is 40.4. The smallest absolute Gasteiger partial charge is 0.256 e. The van der Waals surface area contributed by atoms with Crippen molar-refractivity contribution < 1.29 is 23.2 Å². The number of nitrogens with one attached hydrogen (secondary N) is 2. The summed E-state index contributed by atoms with van der Waals surface area (Å²) in [7, 11) is 0. The number of anilines is 1. The second-order valence-electron chi connectivity index (χ2n) is 8.45. The van der Waals surface area contributed by atoms with Crippen LogP contribution in [-0.4, -0.2) is 41.2 Å². The SMILES string of the molecule is O=C(N[C@H]1CCN2C(=O)c3cc(-c4ccccc4F)ccc3NC(=O)[C@@H]2C1)c1cccc(F)c1. The quantitative estimate of drug-likeness (QED) is 0.619. The lowest BCUT2D eigenvalue weighted by Crippen LogP contribution is -2.55. The fourth-order valence-electron chi connectivity index (χ4n) is 4.55. The van der Waals surface area contributed by atoms with Crippen molar-refractivity contribution in [2.75, 3.05) is 11.9 Å². The van der Waals surface area contributed by atoms with Crippen LogP contribution in [0.4, 0.5) is 14.5 Å². The summed E-state index contributed by atoms with van der Waals surface area (Å²) in [6.45, 7) is 0.258. The van der Waals surface area contributed by atoms with Crippen LogP contribution in [0, 0.1) is 11.6 Å². The lowest BCUT2D eigenvalue weighted by molar-refractivity contribution is -0.121. The Hall–Kier alpha value is -4.07. The summed E-state index contributed by atoms with van der Waals surface area (Å²) in [6, 6.07) is 15.4. The van der Waals surface area contributed by atoms with Crippen molar-refractivity contribution >= 4 is 23.4 Å². The number of halogens is 2.